The second-order valence-corrected chi connectivity index (χ2v) is 6.18. The molecule has 0 aromatic heterocycles. The fourth-order valence-corrected chi connectivity index (χ4v) is 3.10. The zero-order valence-electron chi connectivity index (χ0n) is 14.2. The fraction of sp³-hybridized carbons (Fsp3) is 0.750. The van der Waals surface area contributed by atoms with Gasteiger partial charge in [0.1, 0.15) is 11.6 Å². The van der Waals surface area contributed by atoms with Crippen LogP contribution in [0, 0.1) is 11.3 Å². The lowest BCUT2D eigenvalue weighted by Gasteiger charge is -2.35. The Hall–Kier alpha value is -1.66. The Morgan fingerprint density at radius 1 is 1.04 bits per heavy atom. The molecule has 2 aliphatic rings. The van der Waals surface area contributed by atoms with E-state index in [2.05, 4.69) is 15.9 Å². The van der Waals surface area contributed by atoms with Gasteiger partial charge in [-0.05, 0) is 0 Å². The highest BCUT2D eigenvalue weighted by Crippen LogP contribution is 2.10. The zero-order valence-corrected chi connectivity index (χ0v) is 14.2. The second kappa shape index (κ2) is 9.59. The van der Waals surface area contributed by atoms with E-state index in [0.29, 0.717) is 26.2 Å². The number of nitrogens with zero attached hydrogens (tertiary/aromatic N) is 5. The van der Waals surface area contributed by atoms with Crippen LogP contribution in [0.3, 0.4) is 0 Å². The van der Waals surface area contributed by atoms with Crippen LogP contribution in [0.25, 0.3) is 0 Å². The quantitative estimate of drug-likeness (QED) is 0.432. The average molecular weight is 336 g/mol. The summed E-state index contributed by atoms with van der Waals surface area (Å²) in [7, 11) is 0. The monoisotopic (exact) mass is 336 g/mol. The second-order valence-electron chi connectivity index (χ2n) is 6.18. The summed E-state index contributed by atoms with van der Waals surface area (Å²) in [4.78, 5) is 20.7. The van der Waals surface area contributed by atoms with E-state index in [4.69, 9.17) is 10.8 Å². The first-order valence-corrected chi connectivity index (χ1v) is 8.58. The molecule has 8 heteroatoms. The minimum Gasteiger partial charge on any atom is -0.395 e. The molecule has 0 aliphatic carbocycles. The first kappa shape index (κ1) is 18.7. The number of nitrogens with two attached hydrogens (primary N) is 1. The molecule has 2 rings (SSSR count). The van der Waals surface area contributed by atoms with E-state index < -0.39 is 0 Å². The zero-order chi connectivity index (χ0) is 17.4. The van der Waals surface area contributed by atoms with Crippen LogP contribution in [0.5, 0.6) is 0 Å². The molecule has 2 heterocycles. The Morgan fingerprint density at radius 3 is 2.17 bits per heavy atom. The molecule has 0 unspecified atom stereocenters. The lowest BCUT2D eigenvalue weighted by Crippen LogP contribution is -2.50. The largest absolute Gasteiger partial charge is 0.395 e. The molecule has 0 bridgehead atoms. The van der Waals surface area contributed by atoms with Crippen molar-refractivity contribution >= 4 is 5.91 Å². The lowest BCUT2D eigenvalue weighted by molar-refractivity contribution is -0.128. The van der Waals surface area contributed by atoms with Crippen molar-refractivity contribution in [3.8, 4) is 6.07 Å². The molecule has 0 saturated carbocycles. The third-order valence-corrected chi connectivity index (χ3v) is 4.59. The van der Waals surface area contributed by atoms with Crippen LogP contribution < -0.4 is 5.73 Å². The van der Waals surface area contributed by atoms with E-state index in [0.717, 1.165) is 45.8 Å². The van der Waals surface area contributed by atoms with Gasteiger partial charge in [0, 0.05) is 78.2 Å². The van der Waals surface area contributed by atoms with Crippen LogP contribution in [0.4, 0.5) is 0 Å². The molecule has 1 amide bonds. The molecule has 2 fully saturated rings. The number of β-amino-alcohol motifs (C(OH)–C–C–N with tert-alkyl or cyclic N) is 1. The van der Waals surface area contributed by atoms with Gasteiger partial charge in [0.15, 0.2) is 0 Å². The molecule has 0 aromatic carbocycles. The van der Waals surface area contributed by atoms with Gasteiger partial charge in [-0.1, -0.05) is 0 Å². The highest BCUT2D eigenvalue weighted by Gasteiger charge is 2.24. The molecular weight excluding hydrogens is 308 g/mol. The topological polar surface area (TPSA) is 100 Å². The summed E-state index contributed by atoms with van der Waals surface area (Å²) in [5.74, 6) is -0.178. The van der Waals surface area contributed by atoms with Gasteiger partial charge in [0.25, 0.3) is 5.91 Å². The fourth-order valence-electron chi connectivity index (χ4n) is 3.10. The molecular formula is C16H28N6O2. The van der Waals surface area contributed by atoms with E-state index >= 15 is 0 Å². The number of hydrogen-bond donors (Lipinski definition) is 2. The Labute approximate surface area is 143 Å². The summed E-state index contributed by atoms with van der Waals surface area (Å²) in [6, 6.07) is 2.06. The number of amides is 1. The van der Waals surface area contributed by atoms with E-state index in [1.54, 1.807) is 11.1 Å². The summed E-state index contributed by atoms with van der Waals surface area (Å²) in [6.07, 6.45) is 1.70. The van der Waals surface area contributed by atoms with Gasteiger partial charge >= 0.3 is 0 Å². The van der Waals surface area contributed by atoms with Gasteiger partial charge in [-0.2, -0.15) is 5.26 Å². The number of aliphatic hydroxyl groups excluding tert-OH is 1. The predicted octanol–water partition coefficient (Wildman–Crippen LogP) is -1.89. The maximum absolute atomic E-state index is 12.6. The molecule has 0 radical (unpaired) electrons. The van der Waals surface area contributed by atoms with Crippen LogP contribution in [-0.4, -0.2) is 109 Å². The highest BCUT2D eigenvalue weighted by atomic mass is 16.3. The van der Waals surface area contributed by atoms with Gasteiger partial charge < -0.3 is 20.6 Å². The van der Waals surface area contributed by atoms with Crippen LogP contribution in [0.2, 0.25) is 0 Å². The molecule has 3 N–H and O–H groups in total. The number of nitriles is 1. The van der Waals surface area contributed by atoms with Crippen molar-refractivity contribution in [2.75, 3.05) is 78.6 Å². The van der Waals surface area contributed by atoms with Gasteiger partial charge in [0.05, 0.1) is 6.61 Å². The number of hydrogen-bond acceptors (Lipinski definition) is 7. The highest BCUT2D eigenvalue weighted by molar-refractivity contribution is 5.97. The van der Waals surface area contributed by atoms with E-state index in [1.165, 1.54) is 0 Å². The van der Waals surface area contributed by atoms with Crippen molar-refractivity contribution < 1.29 is 9.90 Å². The molecule has 0 spiro atoms. The van der Waals surface area contributed by atoms with Crippen LogP contribution in [0.1, 0.15) is 0 Å². The van der Waals surface area contributed by atoms with Crippen molar-refractivity contribution in [3.63, 3.8) is 0 Å². The summed E-state index contributed by atoms with van der Waals surface area (Å²) in [5, 5.41) is 18.3. The summed E-state index contributed by atoms with van der Waals surface area (Å²) in [6.45, 7) is 8.41. The normalized spacial score (nSPS) is 21.0. The Morgan fingerprint density at radius 2 is 1.62 bits per heavy atom. The number of aliphatic hydroxyl groups is 1. The first-order valence-electron chi connectivity index (χ1n) is 8.58. The van der Waals surface area contributed by atoms with Crippen LogP contribution >= 0.6 is 0 Å². The van der Waals surface area contributed by atoms with Crippen molar-refractivity contribution in [3.05, 3.63) is 11.8 Å². The third-order valence-electron chi connectivity index (χ3n) is 4.59. The number of carbonyl (C=O) groups excluding carboxylic acids is 1. The standard InChI is InChI=1S/C16H28N6O2/c17-1-2-19-7-9-22(10-8-19)16(24)15(13-18)14-21-5-3-20(4-6-21)11-12-23/h14,23H,1-12,17H2/b15-14-. The number of piperazine rings is 2. The molecule has 8 nitrogen and oxygen atoms in total. The van der Waals surface area contributed by atoms with Gasteiger partial charge in [-0.3, -0.25) is 14.6 Å². The lowest BCUT2D eigenvalue weighted by atomic mass is 10.2. The molecule has 0 aromatic rings. The first-order chi connectivity index (χ1) is 11.7. The van der Waals surface area contributed by atoms with E-state index in [-0.39, 0.29) is 18.1 Å². The minimum absolute atomic E-state index is 0.161. The van der Waals surface area contributed by atoms with Crippen LogP contribution in [-0.2, 0) is 4.79 Å². The number of rotatable bonds is 6. The predicted molar refractivity (Wildman–Crippen MR) is 90.9 cm³/mol. The summed E-state index contributed by atoms with van der Waals surface area (Å²) < 4.78 is 0. The van der Waals surface area contributed by atoms with Crippen molar-refractivity contribution in [1.82, 2.24) is 19.6 Å². The summed E-state index contributed by atoms with van der Waals surface area (Å²) in [5.41, 5.74) is 5.77. The maximum Gasteiger partial charge on any atom is 0.266 e. The molecule has 24 heavy (non-hydrogen) atoms. The van der Waals surface area contributed by atoms with Gasteiger partial charge in [-0.25, -0.2) is 0 Å². The smallest absolute Gasteiger partial charge is 0.266 e. The third kappa shape index (κ3) is 5.18. The molecule has 2 saturated heterocycles. The number of carbonyl (C=O) groups is 1. The van der Waals surface area contributed by atoms with Crippen molar-refractivity contribution in [2.24, 2.45) is 5.73 Å². The Kier molecular flexibility index (Phi) is 7.46. The molecule has 0 atom stereocenters. The van der Waals surface area contributed by atoms with Crippen molar-refractivity contribution in [1.29, 1.82) is 5.26 Å². The van der Waals surface area contributed by atoms with Gasteiger partial charge in [-0.15, -0.1) is 0 Å². The maximum atomic E-state index is 12.6. The molecule has 2 aliphatic heterocycles. The van der Waals surface area contributed by atoms with Crippen molar-refractivity contribution in [2.45, 2.75) is 0 Å². The minimum atomic E-state index is -0.178. The summed E-state index contributed by atoms with van der Waals surface area (Å²) >= 11 is 0. The van der Waals surface area contributed by atoms with E-state index in [9.17, 15) is 10.1 Å². The molecule has 134 valence electrons. The van der Waals surface area contributed by atoms with Crippen LogP contribution in [0.15, 0.2) is 11.8 Å². The van der Waals surface area contributed by atoms with Gasteiger partial charge in [0.2, 0.25) is 0 Å². The Balaban J connectivity index is 1.87. The van der Waals surface area contributed by atoms with E-state index in [1.807, 2.05) is 4.90 Å². The Bertz CT molecular complexity index is 473. The SMILES string of the molecule is N#C/C(=C/N1CCN(CCO)CC1)C(=O)N1CCN(CCN)CC1. The average Bonchev–Trinajstić information content (AvgIpc) is 2.62.